The molecule has 0 saturated heterocycles. The largest absolute Gasteiger partial charge is 0.462 e. The minimum atomic E-state index is -0.783. The molecular formula is C55H98O6. The predicted molar refractivity (Wildman–Crippen MR) is 261 cm³/mol. The summed E-state index contributed by atoms with van der Waals surface area (Å²) < 4.78 is 16.8. The normalized spacial score (nSPS) is 12.4. The quantitative estimate of drug-likeness (QED) is 0.0263. The molecule has 0 radical (unpaired) electrons. The highest BCUT2D eigenvalue weighted by Gasteiger charge is 2.19. The number of unbranched alkanes of at least 4 members (excludes halogenated alkanes) is 28. The summed E-state index contributed by atoms with van der Waals surface area (Å²) in [5.74, 6) is -0.906. The summed E-state index contributed by atoms with van der Waals surface area (Å²) in [4.78, 5) is 37.9. The molecular weight excluding hydrogens is 757 g/mol. The summed E-state index contributed by atoms with van der Waals surface area (Å²) in [6.45, 7) is 6.58. The standard InChI is InChI=1S/C55H98O6/c1-4-7-10-13-16-19-22-24-26-27-29-30-33-36-39-42-45-48-54(57)60-51-52(50-59-53(56)47-44-41-38-35-32-21-18-15-12-9-6-3)61-55(58)49-46-43-40-37-34-31-28-25-23-20-17-14-11-8-5-2/h16,19,24-26,28-30,52H,4-15,17-18,20-23,27,31-51H2,1-3H3/b19-16-,26-24-,28-25-,30-29-/t52-/m1/s1. The molecule has 0 amide bonds. The lowest BCUT2D eigenvalue weighted by Crippen LogP contribution is -2.30. The van der Waals surface area contributed by atoms with Crippen LogP contribution in [0.1, 0.15) is 265 Å². The molecule has 0 rings (SSSR count). The van der Waals surface area contributed by atoms with Crippen LogP contribution in [0, 0.1) is 0 Å². The van der Waals surface area contributed by atoms with Gasteiger partial charge in [0.2, 0.25) is 0 Å². The topological polar surface area (TPSA) is 78.9 Å². The Morgan fingerprint density at radius 1 is 0.328 bits per heavy atom. The van der Waals surface area contributed by atoms with E-state index in [1.807, 2.05) is 0 Å². The van der Waals surface area contributed by atoms with E-state index in [4.69, 9.17) is 14.2 Å². The van der Waals surface area contributed by atoms with E-state index in [1.165, 1.54) is 128 Å². The van der Waals surface area contributed by atoms with Crippen LogP contribution in [0.2, 0.25) is 0 Å². The van der Waals surface area contributed by atoms with Crippen molar-refractivity contribution in [3.05, 3.63) is 48.6 Å². The average Bonchev–Trinajstić information content (AvgIpc) is 3.26. The van der Waals surface area contributed by atoms with Gasteiger partial charge in [0.1, 0.15) is 13.2 Å². The van der Waals surface area contributed by atoms with Crippen LogP contribution in [0.5, 0.6) is 0 Å². The maximum absolute atomic E-state index is 12.8. The van der Waals surface area contributed by atoms with Gasteiger partial charge in [-0.05, 0) is 83.5 Å². The molecule has 0 aliphatic heterocycles. The number of esters is 3. The van der Waals surface area contributed by atoms with Crippen LogP contribution >= 0.6 is 0 Å². The third kappa shape index (κ3) is 48.3. The van der Waals surface area contributed by atoms with Crippen molar-refractivity contribution < 1.29 is 28.6 Å². The number of hydrogen-bond acceptors (Lipinski definition) is 6. The van der Waals surface area contributed by atoms with Crippen molar-refractivity contribution in [2.45, 2.75) is 271 Å². The highest BCUT2D eigenvalue weighted by atomic mass is 16.6. The van der Waals surface area contributed by atoms with E-state index in [0.717, 1.165) is 96.3 Å². The Morgan fingerprint density at radius 3 is 0.967 bits per heavy atom. The van der Waals surface area contributed by atoms with Gasteiger partial charge in [-0.2, -0.15) is 0 Å². The van der Waals surface area contributed by atoms with Crippen LogP contribution < -0.4 is 0 Å². The molecule has 0 aromatic rings. The van der Waals surface area contributed by atoms with E-state index in [2.05, 4.69) is 69.4 Å². The van der Waals surface area contributed by atoms with Gasteiger partial charge in [0, 0.05) is 19.3 Å². The molecule has 61 heavy (non-hydrogen) atoms. The number of ether oxygens (including phenoxy) is 3. The van der Waals surface area contributed by atoms with Crippen LogP contribution in [-0.4, -0.2) is 37.2 Å². The SMILES string of the molecule is CCCCC/C=C\C/C=C\C/C=C\CCCCCCC(=O)OC[C@@H](COC(=O)CCCCCCCCCCCCC)OC(=O)CCCCCCC/C=C\CCCCCCCC. The molecule has 0 heterocycles. The third-order valence-electron chi connectivity index (χ3n) is 11.3. The summed E-state index contributed by atoms with van der Waals surface area (Å²) in [5.41, 5.74) is 0. The van der Waals surface area contributed by atoms with Gasteiger partial charge in [-0.25, -0.2) is 0 Å². The first kappa shape index (κ1) is 58.4. The lowest BCUT2D eigenvalue weighted by atomic mass is 10.1. The molecule has 0 spiro atoms. The maximum atomic E-state index is 12.8. The summed E-state index contributed by atoms with van der Waals surface area (Å²) in [5, 5.41) is 0. The van der Waals surface area contributed by atoms with E-state index in [1.54, 1.807) is 0 Å². The molecule has 6 heteroatoms. The van der Waals surface area contributed by atoms with Crippen molar-refractivity contribution >= 4 is 17.9 Å². The van der Waals surface area contributed by atoms with Crippen LogP contribution in [0.4, 0.5) is 0 Å². The average molecular weight is 855 g/mol. The lowest BCUT2D eigenvalue weighted by molar-refractivity contribution is -0.167. The van der Waals surface area contributed by atoms with Gasteiger partial charge in [0.05, 0.1) is 0 Å². The zero-order valence-electron chi connectivity index (χ0n) is 40.4. The Hall–Kier alpha value is -2.63. The number of carbonyl (C=O) groups excluding carboxylic acids is 3. The zero-order chi connectivity index (χ0) is 44.4. The van der Waals surface area contributed by atoms with Crippen LogP contribution in [0.25, 0.3) is 0 Å². The Morgan fingerprint density at radius 2 is 0.590 bits per heavy atom. The lowest BCUT2D eigenvalue weighted by Gasteiger charge is -2.18. The zero-order valence-corrected chi connectivity index (χ0v) is 40.4. The molecule has 0 bridgehead atoms. The van der Waals surface area contributed by atoms with Gasteiger partial charge in [0.15, 0.2) is 6.10 Å². The molecule has 1 atom stereocenters. The van der Waals surface area contributed by atoms with Gasteiger partial charge in [0.25, 0.3) is 0 Å². The molecule has 0 saturated carbocycles. The summed E-state index contributed by atoms with van der Waals surface area (Å²) in [7, 11) is 0. The fraction of sp³-hybridized carbons (Fsp3) is 0.800. The minimum Gasteiger partial charge on any atom is -0.462 e. The first-order valence-corrected chi connectivity index (χ1v) is 26.1. The fourth-order valence-electron chi connectivity index (χ4n) is 7.33. The molecule has 0 fully saturated rings. The van der Waals surface area contributed by atoms with Crippen molar-refractivity contribution in [3.63, 3.8) is 0 Å². The van der Waals surface area contributed by atoms with Gasteiger partial charge < -0.3 is 14.2 Å². The summed E-state index contributed by atoms with van der Waals surface area (Å²) in [6.07, 6.45) is 59.4. The van der Waals surface area contributed by atoms with Crippen LogP contribution in [0.3, 0.4) is 0 Å². The first-order chi connectivity index (χ1) is 30.0. The highest BCUT2D eigenvalue weighted by Crippen LogP contribution is 2.14. The second kappa shape index (κ2) is 50.0. The Bertz CT molecular complexity index is 1070. The molecule has 6 nitrogen and oxygen atoms in total. The van der Waals surface area contributed by atoms with E-state index in [-0.39, 0.29) is 31.1 Å². The second-order valence-corrected chi connectivity index (χ2v) is 17.4. The van der Waals surface area contributed by atoms with E-state index in [9.17, 15) is 14.4 Å². The Balaban J connectivity index is 4.40. The first-order valence-electron chi connectivity index (χ1n) is 26.1. The van der Waals surface area contributed by atoms with Gasteiger partial charge in [-0.15, -0.1) is 0 Å². The van der Waals surface area contributed by atoms with Gasteiger partial charge in [-0.3, -0.25) is 14.4 Å². The monoisotopic (exact) mass is 855 g/mol. The van der Waals surface area contributed by atoms with Crippen LogP contribution in [-0.2, 0) is 28.6 Å². The van der Waals surface area contributed by atoms with E-state index < -0.39 is 6.10 Å². The molecule has 0 aliphatic carbocycles. The van der Waals surface area contributed by atoms with Crippen molar-refractivity contribution in [1.82, 2.24) is 0 Å². The molecule has 0 aromatic carbocycles. The summed E-state index contributed by atoms with van der Waals surface area (Å²) in [6, 6.07) is 0. The van der Waals surface area contributed by atoms with Crippen molar-refractivity contribution in [3.8, 4) is 0 Å². The molecule has 0 aromatic heterocycles. The fourth-order valence-corrected chi connectivity index (χ4v) is 7.33. The second-order valence-electron chi connectivity index (χ2n) is 17.4. The maximum Gasteiger partial charge on any atom is 0.306 e. The highest BCUT2D eigenvalue weighted by molar-refractivity contribution is 5.71. The number of rotatable bonds is 47. The molecule has 0 N–H and O–H groups in total. The van der Waals surface area contributed by atoms with Crippen molar-refractivity contribution in [2.24, 2.45) is 0 Å². The van der Waals surface area contributed by atoms with Crippen molar-refractivity contribution in [2.75, 3.05) is 13.2 Å². The third-order valence-corrected chi connectivity index (χ3v) is 11.3. The Labute approximate surface area is 378 Å². The smallest absolute Gasteiger partial charge is 0.306 e. The number of hydrogen-bond donors (Lipinski definition) is 0. The molecule has 0 unspecified atom stereocenters. The molecule has 354 valence electrons. The Kier molecular flexibility index (Phi) is 47.9. The number of allylic oxidation sites excluding steroid dienone is 8. The van der Waals surface area contributed by atoms with Gasteiger partial charge in [-0.1, -0.05) is 211 Å². The van der Waals surface area contributed by atoms with E-state index >= 15 is 0 Å². The molecule has 0 aliphatic rings. The minimum absolute atomic E-state index is 0.0816. The summed E-state index contributed by atoms with van der Waals surface area (Å²) >= 11 is 0. The van der Waals surface area contributed by atoms with Crippen molar-refractivity contribution in [1.29, 1.82) is 0 Å². The number of carbonyl (C=O) groups is 3. The van der Waals surface area contributed by atoms with Crippen LogP contribution in [0.15, 0.2) is 48.6 Å². The predicted octanol–water partition coefficient (Wildman–Crippen LogP) is 17.1. The van der Waals surface area contributed by atoms with Gasteiger partial charge >= 0.3 is 17.9 Å². The van der Waals surface area contributed by atoms with E-state index in [0.29, 0.717) is 19.3 Å².